The number of nitrogens with zero attached hydrogens (tertiary/aromatic N) is 4. The van der Waals surface area contributed by atoms with Gasteiger partial charge in [-0.1, -0.05) is 19.6 Å². The Morgan fingerprint density at radius 3 is 2.93 bits per heavy atom. The van der Waals surface area contributed by atoms with E-state index in [0.717, 1.165) is 45.3 Å². The first-order valence-corrected chi connectivity index (χ1v) is 11.1. The van der Waals surface area contributed by atoms with E-state index in [4.69, 9.17) is 4.98 Å². The molecule has 7 heteroatoms. The molecule has 0 saturated heterocycles. The molecule has 3 aromatic rings. The highest BCUT2D eigenvalue weighted by Crippen LogP contribution is 2.33. The van der Waals surface area contributed by atoms with Gasteiger partial charge in [-0.3, -0.25) is 4.79 Å². The van der Waals surface area contributed by atoms with E-state index in [-0.39, 0.29) is 5.91 Å². The van der Waals surface area contributed by atoms with Crippen molar-refractivity contribution in [3.05, 3.63) is 53.8 Å². The third kappa shape index (κ3) is 3.89. The molecular formula is C23H27N5OS. The number of rotatable bonds is 6. The van der Waals surface area contributed by atoms with Gasteiger partial charge in [-0.05, 0) is 44.4 Å². The summed E-state index contributed by atoms with van der Waals surface area (Å²) >= 11 is 1.62. The number of hydrogen-bond donors (Lipinski definition) is 1. The van der Waals surface area contributed by atoms with Gasteiger partial charge in [0.1, 0.15) is 5.82 Å². The fourth-order valence-corrected chi connectivity index (χ4v) is 4.45. The summed E-state index contributed by atoms with van der Waals surface area (Å²) in [5.41, 5.74) is 3.32. The second kappa shape index (κ2) is 8.44. The molecule has 0 unspecified atom stereocenters. The molecule has 1 aliphatic heterocycles. The van der Waals surface area contributed by atoms with Crippen LogP contribution in [0.5, 0.6) is 0 Å². The minimum Gasteiger partial charge on any atom is -0.345 e. The van der Waals surface area contributed by atoms with E-state index in [0.29, 0.717) is 19.1 Å². The first-order chi connectivity index (χ1) is 14.5. The van der Waals surface area contributed by atoms with Crippen molar-refractivity contribution in [1.29, 1.82) is 0 Å². The molecule has 0 saturated carbocycles. The van der Waals surface area contributed by atoms with Gasteiger partial charge in [-0.2, -0.15) is 0 Å². The lowest BCUT2D eigenvalue weighted by atomic mass is 10.0. The standard InChI is InChI=1S/C23H27N5OS/c1-5-15(3)28-12-9-18-19(28)13-20(26-23-24-14-16(4)30-23)25-22(18)17-7-10-27(11-8-17)21(29)6-2/h6-7,9,12-15H,2,5,8,10-11H2,1,3-4H3,(H,24,25,26)/t15-/m1/s1. The molecule has 0 bridgehead atoms. The third-order valence-corrected chi connectivity index (χ3v) is 6.47. The predicted octanol–water partition coefficient (Wildman–Crippen LogP) is 5.32. The van der Waals surface area contributed by atoms with E-state index in [1.54, 1.807) is 16.2 Å². The summed E-state index contributed by atoms with van der Waals surface area (Å²) in [6.07, 6.45) is 9.33. The molecule has 0 fully saturated rings. The van der Waals surface area contributed by atoms with Crippen molar-refractivity contribution in [2.75, 3.05) is 18.4 Å². The van der Waals surface area contributed by atoms with Crippen LogP contribution in [-0.2, 0) is 4.79 Å². The molecule has 0 spiro atoms. The van der Waals surface area contributed by atoms with Crippen LogP contribution in [0.1, 0.15) is 43.3 Å². The highest BCUT2D eigenvalue weighted by atomic mass is 32.1. The molecule has 156 valence electrons. The normalized spacial score (nSPS) is 15.2. The second-order valence-corrected chi connectivity index (χ2v) is 8.87. The maximum absolute atomic E-state index is 11.9. The molecular weight excluding hydrogens is 394 g/mol. The number of pyridine rings is 1. The van der Waals surface area contributed by atoms with Crippen LogP contribution in [0.15, 0.2) is 43.3 Å². The number of thiazole rings is 1. The largest absolute Gasteiger partial charge is 0.345 e. The van der Waals surface area contributed by atoms with Gasteiger partial charge < -0.3 is 14.8 Å². The summed E-state index contributed by atoms with van der Waals surface area (Å²) in [4.78, 5) is 24.3. The Hall–Kier alpha value is -2.93. The molecule has 30 heavy (non-hydrogen) atoms. The number of carbonyl (C=O) groups is 1. The van der Waals surface area contributed by atoms with Crippen LogP contribution >= 0.6 is 11.3 Å². The van der Waals surface area contributed by atoms with Gasteiger partial charge in [0.25, 0.3) is 0 Å². The second-order valence-electron chi connectivity index (χ2n) is 7.64. The van der Waals surface area contributed by atoms with Crippen LogP contribution < -0.4 is 5.32 Å². The Labute approximate surface area is 180 Å². The zero-order valence-corrected chi connectivity index (χ0v) is 18.5. The summed E-state index contributed by atoms with van der Waals surface area (Å²) in [5.74, 6) is 0.765. The van der Waals surface area contributed by atoms with Gasteiger partial charge >= 0.3 is 0 Å². The summed E-state index contributed by atoms with van der Waals surface area (Å²) in [7, 11) is 0. The summed E-state index contributed by atoms with van der Waals surface area (Å²) in [6, 6.07) is 4.66. The zero-order valence-electron chi connectivity index (χ0n) is 17.7. The van der Waals surface area contributed by atoms with Crippen LogP contribution in [0, 0.1) is 6.92 Å². The van der Waals surface area contributed by atoms with E-state index >= 15 is 0 Å². The first kappa shape index (κ1) is 20.3. The molecule has 4 heterocycles. The van der Waals surface area contributed by atoms with Gasteiger partial charge in [0, 0.05) is 47.9 Å². The highest BCUT2D eigenvalue weighted by molar-refractivity contribution is 7.15. The van der Waals surface area contributed by atoms with E-state index in [9.17, 15) is 4.79 Å². The molecule has 1 N–H and O–H groups in total. The highest BCUT2D eigenvalue weighted by Gasteiger charge is 2.20. The zero-order chi connectivity index (χ0) is 21.3. The number of hydrogen-bond acceptors (Lipinski definition) is 5. The Balaban J connectivity index is 1.77. The number of nitrogens with one attached hydrogen (secondary N) is 1. The van der Waals surface area contributed by atoms with Gasteiger partial charge in [0.05, 0.1) is 11.2 Å². The van der Waals surface area contributed by atoms with Crippen LogP contribution in [-0.4, -0.2) is 38.4 Å². The third-order valence-electron chi connectivity index (χ3n) is 5.64. The molecule has 1 amide bonds. The number of fused-ring (bicyclic) bond motifs is 1. The number of carbonyl (C=O) groups excluding carboxylic acids is 1. The van der Waals surface area contributed by atoms with Crippen molar-refractivity contribution in [1.82, 2.24) is 19.4 Å². The lowest BCUT2D eigenvalue weighted by Gasteiger charge is -2.25. The molecule has 0 aliphatic carbocycles. The van der Waals surface area contributed by atoms with Crippen LogP contribution in [0.2, 0.25) is 0 Å². The van der Waals surface area contributed by atoms with Crippen molar-refractivity contribution in [3.8, 4) is 0 Å². The summed E-state index contributed by atoms with van der Waals surface area (Å²) in [5, 5.41) is 5.37. The van der Waals surface area contributed by atoms with E-state index < -0.39 is 0 Å². The number of anilines is 2. The fraction of sp³-hybridized carbons (Fsp3) is 0.348. The monoisotopic (exact) mass is 421 g/mol. The Morgan fingerprint density at radius 1 is 1.47 bits per heavy atom. The number of amides is 1. The average molecular weight is 422 g/mol. The fourth-order valence-electron chi connectivity index (χ4n) is 3.78. The molecule has 0 radical (unpaired) electrons. The lowest BCUT2D eigenvalue weighted by Crippen LogP contribution is -2.33. The van der Waals surface area contributed by atoms with Gasteiger partial charge in [-0.15, -0.1) is 11.3 Å². The van der Waals surface area contributed by atoms with Crippen LogP contribution in [0.4, 0.5) is 10.9 Å². The molecule has 1 atom stereocenters. The van der Waals surface area contributed by atoms with Crippen molar-refractivity contribution >= 4 is 44.7 Å². The Kier molecular flexibility index (Phi) is 5.72. The maximum atomic E-state index is 11.9. The Bertz CT molecular complexity index is 1130. The lowest BCUT2D eigenvalue weighted by molar-refractivity contribution is -0.125. The minimum atomic E-state index is -0.0270. The van der Waals surface area contributed by atoms with Crippen molar-refractivity contribution in [2.45, 2.75) is 39.7 Å². The quantitative estimate of drug-likeness (QED) is 0.547. The van der Waals surface area contributed by atoms with E-state index in [2.05, 4.69) is 59.7 Å². The molecule has 1 aliphatic rings. The molecule has 3 aromatic heterocycles. The van der Waals surface area contributed by atoms with E-state index in [1.807, 2.05) is 13.1 Å². The predicted molar refractivity (Wildman–Crippen MR) is 124 cm³/mol. The summed E-state index contributed by atoms with van der Waals surface area (Å²) < 4.78 is 2.32. The Morgan fingerprint density at radius 2 is 2.30 bits per heavy atom. The minimum absolute atomic E-state index is 0.0270. The van der Waals surface area contributed by atoms with Crippen LogP contribution in [0.3, 0.4) is 0 Å². The SMILES string of the molecule is C=CC(=O)N1CC=C(c2nc(Nc3ncc(C)s3)cc3c2ccn3[C@H](C)CC)CC1. The van der Waals surface area contributed by atoms with Crippen molar-refractivity contribution in [3.63, 3.8) is 0 Å². The number of aryl methyl sites for hydroxylation is 1. The smallest absolute Gasteiger partial charge is 0.246 e. The molecule has 0 aromatic carbocycles. The van der Waals surface area contributed by atoms with Crippen molar-refractivity contribution < 1.29 is 4.79 Å². The number of aromatic nitrogens is 3. The van der Waals surface area contributed by atoms with Gasteiger partial charge in [0.15, 0.2) is 5.13 Å². The average Bonchev–Trinajstić information content (AvgIpc) is 3.38. The van der Waals surface area contributed by atoms with Gasteiger partial charge in [0.2, 0.25) is 5.91 Å². The van der Waals surface area contributed by atoms with E-state index in [1.165, 1.54) is 11.6 Å². The van der Waals surface area contributed by atoms with Gasteiger partial charge in [-0.25, -0.2) is 9.97 Å². The maximum Gasteiger partial charge on any atom is 0.246 e. The topological polar surface area (TPSA) is 63.1 Å². The molecule has 6 nitrogen and oxygen atoms in total. The van der Waals surface area contributed by atoms with Crippen molar-refractivity contribution in [2.24, 2.45) is 0 Å². The summed E-state index contributed by atoms with van der Waals surface area (Å²) in [6.45, 7) is 11.3. The van der Waals surface area contributed by atoms with Crippen LogP contribution in [0.25, 0.3) is 16.5 Å². The first-order valence-electron chi connectivity index (χ1n) is 10.3. The molecule has 4 rings (SSSR count).